The number of phenolic OH excluding ortho intramolecular Hbond substituents is 1. The first kappa shape index (κ1) is 14.1. The van der Waals surface area contributed by atoms with E-state index in [-0.39, 0.29) is 11.2 Å². The van der Waals surface area contributed by atoms with Gasteiger partial charge in [0.15, 0.2) is 0 Å². The Morgan fingerprint density at radius 1 is 1.10 bits per heavy atom. The monoisotopic (exact) mass is 268 g/mol. The van der Waals surface area contributed by atoms with Crippen molar-refractivity contribution in [3.05, 3.63) is 53.6 Å². The second-order valence-corrected chi connectivity index (χ2v) is 5.84. The van der Waals surface area contributed by atoms with E-state index in [1.807, 2.05) is 30.3 Å². The predicted molar refractivity (Wildman–Crippen MR) is 84.9 cm³/mol. The number of hydrogen-bond acceptors (Lipinski definition) is 3. The number of benzene rings is 2. The number of aromatic hydroxyl groups is 1. The Morgan fingerprint density at radius 2 is 1.80 bits per heavy atom. The average Bonchev–Trinajstić information content (AvgIpc) is 2.38. The first-order chi connectivity index (χ1) is 9.38. The maximum Gasteiger partial charge on any atom is 0.124 e. The topological polar surface area (TPSA) is 58.6 Å². The average molecular weight is 268 g/mol. The van der Waals surface area contributed by atoms with Gasteiger partial charge in [0.25, 0.3) is 0 Å². The Kier molecular flexibility index (Phi) is 3.79. The van der Waals surface area contributed by atoms with Crippen molar-refractivity contribution in [1.82, 2.24) is 0 Å². The summed E-state index contributed by atoms with van der Waals surface area (Å²) in [6, 6.07) is 13.0. The molecular weight excluding hydrogens is 248 g/mol. The molecule has 0 amide bonds. The highest BCUT2D eigenvalue weighted by Gasteiger charge is 2.14. The molecule has 0 aliphatic rings. The fourth-order valence-corrected chi connectivity index (χ4v) is 1.87. The second kappa shape index (κ2) is 5.37. The molecule has 0 radical (unpaired) electrons. The van der Waals surface area contributed by atoms with E-state index in [2.05, 4.69) is 25.8 Å². The van der Waals surface area contributed by atoms with Gasteiger partial charge in [0.2, 0.25) is 0 Å². The number of para-hydroxylation sites is 2. The van der Waals surface area contributed by atoms with Crippen molar-refractivity contribution in [2.75, 3.05) is 5.73 Å². The lowest BCUT2D eigenvalue weighted by molar-refractivity contribution is 0.473. The number of hydrogen-bond donors (Lipinski definition) is 2. The first-order valence-corrected chi connectivity index (χ1v) is 6.60. The fourth-order valence-electron chi connectivity index (χ4n) is 1.87. The highest BCUT2D eigenvalue weighted by molar-refractivity contribution is 5.87. The Morgan fingerprint density at radius 3 is 2.45 bits per heavy atom. The van der Waals surface area contributed by atoms with Crippen molar-refractivity contribution < 1.29 is 5.11 Å². The van der Waals surface area contributed by atoms with Gasteiger partial charge in [-0.15, -0.1) is 0 Å². The van der Waals surface area contributed by atoms with E-state index < -0.39 is 0 Å². The van der Waals surface area contributed by atoms with Crippen LogP contribution in [-0.2, 0) is 5.41 Å². The Labute approximate surface area is 119 Å². The summed E-state index contributed by atoms with van der Waals surface area (Å²) in [5, 5.41) is 9.93. The molecule has 2 rings (SSSR count). The third kappa shape index (κ3) is 3.18. The van der Waals surface area contributed by atoms with E-state index in [1.54, 1.807) is 18.3 Å². The Hall–Kier alpha value is -2.29. The van der Waals surface area contributed by atoms with Crippen LogP contribution in [0.15, 0.2) is 47.5 Å². The molecule has 0 atom stereocenters. The normalized spacial score (nSPS) is 11.9. The van der Waals surface area contributed by atoms with Gasteiger partial charge in [-0.1, -0.05) is 39.0 Å². The molecule has 0 saturated heterocycles. The highest BCUT2D eigenvalue weighted by Crippen LogP contribution is 2.27. The van der Waals surface area contributed by atoms with Crippen molar-refractivity contribution in [3.63, 3.8) is 0 Å². The van der Waals surface area contributed by atoms with Gasteiger partial charge in [0, 0.05) is 11.8 Å². The van der Waals surface area contributed by atoms with Gasteiger partial charge in [-0.25, -0.2) is 0 Å². The summed E-state index contributed by atoms with van der Waals surface area (Å²) >= 11 is 0. The molecule has 0 heterocycles. The van der Waals surface area contributed by atoms with E-state index in [1.165, 1.54) is 0 Å². The summed E-state index contributed by atoms with van der Waals surface area (Å²) in [5.41, 5.74) is 9.04. The molecule has 0 bridgehead atoms. The molecule has 0 unspecified atom stereocenters. The van der Waals surface area contributed by atoms with Crippen molar-refractivity contribution in [2.45, 2.75) is 26.2 Å². The number of nitrogen functional groups attached to an aromatic ring is 1. The van der Waals surface area contributed by atoms with E-state index in [9.17, 15) is 5.11 Å². The molecule has 0 spiro atoms. The maximum absolute atomic E-state index is 9.93. The Bertz CT molecular complexity index is 640. The molecule has 3 nitrogen and oxygen atoms in total. The van der Waals surface area contributed by atoms with E-state index in [0.717, 1.165) is 5.56 Å². The molecule has 0 aliphatic heterocycles. The molecule has 0 aliphatic carbocycles. The minimum Gasteiger partial charge on any atom is -0.507 e. The van der Waals surface area contributed by atoms with Gasteiger partial charge in [-0.3, -0.25) is 4.99 Å². The molecule has 2 aromatic carbocycles. The summed E-state index contributed by atoms with van der Waals surface area (Å²) in [7, 11) is 0. The van der Waals surface area contributed by atoms with Crippen LogP contribution in [-0.4, -0.2) is 11.3 Å². The third-order valence-electron chi connectivity index (χ3n) is 3.17. The minimum absolute atomic E-state index is 0.0298. The summed E-state index contributed by atoms with van der Waals surface area (Å²) in [4.78, 5) is 4.35. The van der Waals surface area contributed by atoms with Crippen LogP contribution in [0.1, 0.15) is 31.9 Å². The quantitative estimate of drug-likeness (QED) is 0.638. The summed E-state index contributed by atoms with van der Waals surface area (Å²) in [6.45, 7) is 6.40. The molecule has 3 heteroatoms. The van der Waals surface area contributed by atoms with Crippen molar-refractivity contribution >= 4 is 17.6 Å². The first-order valence-electron chi connectivity index (χ1n) is 6.60. The number of rotatable bonds is 2. The van der Waals surface area contributed by atoms with Crippen LogP contribution in [0, 0.1) is 0 Å². The standard InChI is InChI=1S/C17H20N2O/c1-17(2,3)13-8-9-16(20)12(10-13)11-19-15-7-5-4-6-14(15)18/h4-11,20H,18H2,1-3H3. The minimum atomic E-state index is 0.0298. The number of anilines is 1. The fraction of sp³-hybridized carbons (Fsp3) is 0.235. The molecule has 20 heavy (non-hydrogen) atoms. The largest absolute Gasteiger partial charge is 0.507 e. The van der Waals surface area contributed by atoms with Crippen LogP contribution in [0.3, 0.4) is 0 Å². The molecule has 3 N–H and O–H groups in total. The Balaban J connectivity index is 2.36. The third-order valence-corrected chi connectivity index (χ3v) is 3.17. The summed E-state index contributed by atoms with van der Waals surface area (Å²) < 4.78 is 0. The molecule has 0 saturated carbocycles. The van der Waals surface area contributed by atoms with Gasteiger partial charge >= 0.3 is 0 Å². The number of aliphatic imine (C=N–C) groups is 1. The summed E-state index contributed by atoms with van der Waals surface area (Å²) in [5.74, 6) is 0.219. The highest BCUT2D eigenvalue weighted by atomic mass is 16.3. The predicted octanol–water partition coefficient (Wildman–Crippen LogP) is 4.02. The van der Waals surface area contributed by atoms with Gasteiger partial charge in [0.1, 0.15) is 5.75 Å². The van der Waals surface area contributed by atoms with Gasteiger partial charge in [0.05, 0.1) is 11.4 Å². The van der Waals surface area contributed by atoms with Crippen LogP contribution < -0.4 is 5.73 Å². The molecule has 0 fully saturated rings. The summed E-state index contributed by atoms with van der Waals surface area (Å²) in [6.07, 6.45) is 1.65. The van der Waals surface area contributed by atoms with Crippen molar-refractivity contribution in [1.29, 1.82) is 0 Å². The number of nitrogens with zero attached hydrogens (tertiary/aromatic N) is 1. The molecule has 2 aromatic rings. The van der Waals surface area contributed by atoms with Crippen LogP contribution in [0.2, 0.25) is 0 Å². The van der Waals surface area contributed by atoms with Crippen LogP contribution in [0.4, 0.5) is 11.4 Å². The lowest BCUT2D eigenvalue weighted by Gasteiger charge is -2.19. The van der Waals surface area contributed by atoms with E-state index in [0.29, 0.717) is 16.9 Å². The van der Waals surface area contributed by atoms with Crippen LogP contribution >= 0.6 is 0 Å². The van der Waals surface area contributed by atoms with Crippen LogP contribution in [0.25, 0.3) is 0 Å². The van der Waals surface area contributed by atoms with Crippen LogP contribution in [0.5, 0.6) is 5.75 Å². The molecular formula is C17H20N2O. The molecule has 104 valence electrons. The maximum atomic E-state index is 9.93. The zero-order valence-electron chi connectivity index (χ0n) is 12.1. The smallest absolute Gasteiger partial charge is 0.124 e. The van der Waals surface area contributed by atoms with Gasteiger partial charge in [-0.2, -0.15) is 0 Å². The molecule has 0 aromatic heterocycles. The number of nitrogens with two attached hydrogens (primary N) is 1. The SMILES string of the molecule is CC(C)(C)c1ccc(O)c(C=Nc2ccccc2N)c1. The van der Waals surface area contributed by atoms with E-state index >= 15 is 0 Å². The lowest BCUT2D eigenvalue weighted by Crippen LogP contribution is -2.11. The zero-order chi connectivity index (χ0) is 14.8. The van der Waals surface area contributed by atoms with E-state index in [4.69, 9.17) is 5.73 Å². The lowest BCUT2D eigenvalue weighted by atomic mass is 9.86. The number of phenols is 1. The van der Waals surface area contributed by atoms with Crippen molar-refractivity contribution in [2.24, 2.45) is 4.99 Å². The van der Waals surface area contributed by atoms with Crippen molar-refractivity contribution in [3.8, 4) is 5.75 Å². The second-order valence-electron chi connectivity index (χ2n) is 5.84. The zero-order valence-corrected chi connectivity index (χ0v) is 12.1. The van der Waals surface area contributed by atoms with Gasteiger partial charge in [-0.05, 0) is 35.2 Å². The van der Waals surface area contributed by atoms with Gasteiger partial charge < -0.3 is 10.8 Å².